The highest BCUT2D eigenvalue weighted by Gasteiger charge is 2.33. The third kappa shape index (κ3) is 1.10. The first-order chi connectivity index (χ1) is 5.27. The largest absolute Gasteiger partial charge is 0.286 e. The predicted molar refractivity (Wildman–Crippen MR) is 47.6 cm³/mol. The van der Waals surface area contributed by atoms with Gasteiger partial charge in [-0.05, 0) is 25.7 Å². The molecule has 2 aliphatic rings. The van der Waals surface area contributed by atoms with Crippen LogP contribution >= 0.6 is 0 Å². The summed E-state index contributed by atoms with van der Waals surface area (Å²) in [4.78, 5) is 9.06. The number of rotatable bonds is 0. The van der Waals surface area contributed by atoms with E-state index in [1.54, 1.807) is 0 Å². The lowest BCUT2D eigenvalue weighted by molar-refractivity contribution is 0.498. The molecule has 0 aromatic rings. The Bertz CT molecular complexity index is 218. The lowest BCUT2D eigenvalue weighted by atomic mass is 10.0. The Kier molecular flexibility index (Phi) is 1.55. The fraction of sp³-hybridized carbons (Fsp3) is 0.778. The molecule has 0 spiro atoms. The van der Waals surface area contributed by atoms with Crippen molar-refractivity contribution in [2.45, 2.75) is 38.8 Å². The third-order valence-electron chi connectivity index (χ3n) is 2.70. The van der Waals surface area contributed by atoms with Crippen LogP contribution in [0, 0.1) is 5.92 Å². The Hall–Kier alpha value is -0.660. The number of hydrogen-bond donors (Lipinski definition) is 0. The molecule has 11 heavy (non-hydrogen) atoms. The number of fused-ring (bicyclic) bond motifs is 1. The lowest BCUT2D eigenvalue weighted by Gasteiger charge is -2.19. The normalized spacial score (nSPS) is 42.0. The zero-order valence-electron chi connectivity index (χ0n) is 7.12. The topological polar surface area (TPSA) is 24.7 Å². The highest BCUT2D eigenvalue weighted by atomic mass is 15.0. The summed E-state index contributed by atoms with van der Waals surface area (Å²) < 4.78 is 0. The predicted octanol–water partition coefficient (Wildman–Crippen LogP) is 1.70. The second-order valence-corrected chi connectivity index (χ2v) is 3.66. The van der Waals surface area contributed by atoms with Gasteiger partial charge in [0, 0.05) is 11.9 Å². The van der Waals surface area contributed by atoms with Gasteiger partial charge in [-0.3, -0.25) is 9.98 Å². The van der Waals surface area contributed by atoms with Crippen LogP contribution in [0.2, 0.25) is 0 Å². The van der Waals surface area contributed by atoms with Crippen LogP contribution in [0.1, 0.15) is 26.7 Å². The molecule has 0 saturated heterocycles. The molecule has 1 aliphatic heterocycles. The smallest absolute Gasteiger partial charge is 0.0752 e. The van der Waals surface area contributed by atoms with Gasteiger partial charge in [0.05, 0.1) is 12.1 Å². The standard InChI is InChI=1S/C9H14N2/c1-6-3-4-8-9(6)11-7(2)5-10-8/h5-6,8-9H,3-4H2,1-2H3. The van der Waals surface area contributed by atoms with Crippen molar-refractivity contribution in [1.29, 1.82) is 0 Å². The van der Waals surface area contributed by atoms with Crippen molar-refractivity contribution in [3.05, 3.63) is 0 Å². The van der Waals surface area contributed by atoms with Crippen molar-refractivity contribution < 1.29 is 0 Å². The lowest BCUT2D eigenvalue weighted by Crippen LogP contribution is -2.26. The molecule has 0 aromatic carbocycles. The molecule has 2 rings (SSSR count). The van der Waals surface area contributed by atoms with Gasteiger partial charge >= 0.3 is 0 Å². The van der Waals surface area contributed by atoms with E-state index < -0.39 is 0 Å². The molecule has 2 nitrogen and oxygen atoms in total. The van der Waals surface area contributed by atoms with Gasteiger partial charge in [0.25, 0.3) is 0 Å². The molecule has 60 valence electrons. The van der Waals surface area contributed by atoms with E-state index in [1.165, 1.54) is 12.8 Å². The molecule has 1 heterocycles. The van der Waals surface area contributed by atoms with E-state index in [-0.39, 0.29) is 0 Å². The molecular weight excluding hydrogens is 136 g/mol. The quantitative estimate of drug-likeness (QED) is 0.502. The molecule has 0 amide bonds. The molecule has 0 bridgehead atoms. The Morgan fingerprint density at radius 1 is 1.45 bits per heavy atom. The van der Waals surface area contributed by atoms with Crippen molar-refractivity contribution >= 4 is 11.9 Å². The third-order valence-corrected chi connectivity index (χ3v) is 2.70. The van der Waals surface area contributed by atoms with Gasteiger partial charge in [-0.2, -0.15) is 0 Å². The number of aliphatic imine (C=N–C) groups is 2. The Balaban J connectivity index is 2.22. The van der Waals surface area contributed by atoms with E-state index >= 15 is 0 Å². The second-order valence-electron chi connectivity index (χ2n) is 3.66. The first-order valence-electron chi connectivity index (χ1n) is 4.35. The van der Waals surface area contributed by atoms with E-state index in [0.29, 0.717) is 12.1 Å². The van der Waals surface area contributed by atoms with Crippen LogP contribution in [0.3, 0.4) is 0 Å². The molecule has 0 aromatic heterocycles. The molecule has 1 aliphatic carbocycles. The van der Waals surface area contributed by atoms with E-state index in [4.69, 9.17) is 0 Å². The Labute approximate surface area is 67.4 Å². The summed E-state index contributed by atoms with van der Waals surface area (Å²) in [5.74, 6) is 0.743. The fourth-order valence-corrected chi connectivity index (χ4v) is 2.00. The molecular formula is C9H14N2. The minimum atomic E-state index is 0.500. The maximum atomic E-state index is 4.59. The van der Waals surface area contributed by atoms with Crippen LogP contribution in [0.4, 0.5) is 0 Å². The van der Waals surface area contributed by atoms with Gasteiger partial charge in [-0.1, -0.05) is 6.92 Å². The van der Waals surface area contributed by atoms with Crippen molar-refractivity contribution in [3.63, 3.8) is 0 Å². The summed E-state index contributed by atoms with van der Waals surface area (Å²) in [6, 6.07) is 1.01. The van der Waals surface area contributed by atoms with Crippen LogP contribution in [0.25, 0.3) is 0 Å². The maximum absolute atomic E-state index is 4.59. The molecule has 2 heteroatoms. The zero-order valence-corrected chi connectivity index (χ0v) is 7.12. The number of nitrogens with zero attached hydrogens (tertiary/aromatic N) is 2. The minimum Gasteiger partial charge on any atom is -0.286 e. The monoisotopic (exact) mass is 150 g/mol. The van der Waals surface area contributed by atoms with Gasteiger partial charge in [-0.15, -0.1) is 0 Å². The van der Waals surface area contributed by atoms with Gasteiger partial charge < -0.3 is 0 Å². The average Bonchev–Trinajstić information content (AvgIpc) is 2.33. The van der Waals surface area contributed by atoms with Crippen LogP contribution < -0.4 is 0 Å². The van der Waals surface area contributed by atoms with Crippen molar-refractivity contribution in [3.8, 4) is 0 Å². The maximum Gasteiger partial charge on any atom is 0.0752 e. The van der Waals surface area contributed by atoms with E-state index in [2.05, 4.69) is 16.9 Å². The van der Waals surface area contributed by atoms with E-state index in [9.17, 15) is 0 Å². The number of hydrogen-bond acceptors (Lipinski definition) is 2. The van der Waals surface area contributed by atoms with Crippen molar-refractivity contribution in [1.82, 2.24) is 0 Å². The minimum absolute atomic E-state index is 0.500. The van der Waals surface area contributed by atoms with Crippen LogP contribution in [-0.4, -0.2) is 24.0 Å². The first kappa shape index (κ1) is 7.01. The molecule has 3 unspecified atom stereocenters. The van der Waals surface area contributed by atoms with Gasteiger partial charge in [0.15, 0.2) is 0 Å². The first-order valence-corrected chi connectivity index (χ1v) is 4.35. The summed E-state index contributed by atoms with van der Waals surface area (Å²) in [6.07, 6.45) is 4.45. The summed E-state index contributed by atoms with van der Waals surface area (Å²) in [5, 5.41) is 0. The summed E-state index contributed by atoms with van der Waals surface area (Å²) in [6.45, 7) is 4.31. The van der Waals surface area contributed by atoms with Gasteiger partial charge in [0.2, 0.25) is 0 Å². The fourth-order valence-electron chi connectivity index (χ4n) is 2.00. The molecule has 1 fully saturated rings. The van der Waals surface area contributed by atoms with Gasteiger partial charge in [-0.25, -0.2) is 0 Å². The van der Waals surface area contributed by atoms with Crippen LogP contribution in [-0.2, 0) is 0 Å². The highest BCUT2D eigenvalue weighted by Crippen LogP contribution is 2.31. The van der Waals surface area contributed by atoms with Gasteiger partial charge in [0.1, 0.15) is 0 Å². The molecule has 3 atom stereocenters. The SMILES string of the molecule is CC1=NC2C(C)CCC2N=C1. The molecule has 1 saturated carbocycles. The summed E-state index contributed by atoms with van der Waals surface area (Å²) in [7, 11) is 0. The molecule has 0 radical (unpaired) electrons. The Morgan fingerprint density at radius 2 is 2.27 bits per heavy atom. The van der Waals surface area contributed by atoms with E-state index in [0.717, 1.165) is 11.6 Å². The highest BCUT2D eigenvalue weighted by molar-refractivity contribution is 6.30. The summed E-state index contributed by atoms with van der Waals surface area (Å²) in [5.41, 5.74) is 1.10. The van der Waals surface area contributed by atoms with E-state index in [1.807, 2.05) is 13.1 Å². The zero-order chi connectivity index (χ0) is 7.84. The van der Waals surface area contributed by atoms with Crippen LogP contribution in [0.15, 0.2) is 9.98 Å². The molecule has 0 N–H and O–H groups in total. The Morgan fingerprint density at radius 3 is 3.09 bits per heavy atom. The van der Waals surface area contributed by atoms with Crippen molar-refractivity contribution in [2.24, 2.45) is 15.9 Å². The van der Waals surface area contributed by atoms with Crippen molar-refractivity contribution in [2.75, 3.05) is 0 Å². The second kappa shape index (κ2) is 2.43. The van der Waals surface area contributed by atoms with Crippen LogP contribution in [0.5, 0.6) is 0 Å². The summed E-state index contributed by atoms with van der Waals surface area (Å²) >= 11 is 0. The average molecular weight is 150 g/mol.